The van der Waals surface area contributed by atoms with Crippen LogP contribution >= 0.6 is 0 Å². The standard InChI is InChI=1S/C21H24N2O6/c1-28-21-17(23-20(27)14-10-6-3-7-11-14)16(18(25)15(12-24)29-21)22-19(26)13-8-4-2-5-9-13/h2-11,15-18,21,24-25H,12H2,1H3,(H,22,26)(H,23,27)/t15-,16+,17+,18+,21+/m1/s1. The number of hydrogen-bond donors (Lipinski definition) is 4. The van der Waals surface area contributed by atoms with Crippen molar-refractivity contribution in [3.63, 3.8) is 0 Å². The van der Waals surface area contributed by atoms with E-state index in [4.69, 9.17) is 9.47 Å². The Morgan fingerprint density at radius 3 is 1.86 bits per heavy atom. The molecular formula is C21H24N2O6. The largest absolute Gasteiger partial charge is 0.394 e. The minimum atomic E-state index is -1.26. The van der Waals surface area contributed by atoms with Gasteiger partial charge in [-0.1, -0.05) is 36.4 Å². The third kappa shape index (κ3) is 4.80. The Balaban J connectivity index is 1.85. The summed E-state index contributed by atoms with van der Waals surface area (Å²) in [5, 5.41) is 25.8. The summed E-state index contributed by atoms with van der Waals surface area (Å²) in [4.78, 5) is 25.3. The highest BCUT2D eigenvalue weighted by Gasteiger charge is 2.46. The molecule has 2 aromatic rings. The van der Waals surface area contributed by atoms with E-state index in [0.717, 1.165) is 0 Å². The van der Waals surface area contributed by atoms with Crippen LogP contribution in [0.15, 0.2) is 60.7 Å². The SMILES string of the molecule is CO[C@H]1O[C@H](CO)[C@H](O)[C@@H](NC(=O)c2ccccc2)[C@@H]1NC(=O)c1ccccc1. The van der Waals surface area contributed by atoms with E-state index < -0.39 is 49.0 Å². The molecule has 5 atom stereocenters. The molecular weight excluding hydrogens is 376 g/mol. The van der Waals surface area contributed by atoms with Gasteiger partial charge in [0.25, 0.3) is 11.8 Å². The number of carbonyl (C=O) groups excluding carboxylic acids is 2. The fraction of sp³-hybridized carbons (Fsp3) is 0.333. The molecule has 29 heavy (non-hydrogen) atoms. The lowest BCUT2D eigenvalue weighted by Crippen LogP contribution is -2.69. The van der Waals surface area contributed by atoms with Gasteiger partial charge in [-0.2, -0.15) is 0 Å². The average Bonchev–Trinajstić information content (AvgIpc) is 2.77. The number of hydrogen-bond acceptors (Lipinski definition) is 6. The summed E-state index contributed by atoms with van der Waals surface area (Å²) < 4.78 is 10.9. The van der Waals surface area contributed by atoms with Crippen molar-refractivity contribution in [1.29, 1.82) is 0 Å². The molecule has 8 heteroatoms. The van der Waals surface area contributed by atoms with Crippen molar-refractivity contribution in [3.05, 3.63) is 71.8 Å². The minimum Gasteiger partial charge on any atom is -0.394 e. The van der Waals surface area contributed by atoms with E-state index >= 15 is 0 Å². The second-order valence-electron chi connectivity index (χ2n) is 6.68. The summed E-state index contributed by atoms with van der Waals surface area (Å²) in [6, 6.07) is 15.2. The molecule has 0 bridgehead atoms. The Labute approximate surface area is 168 Å². The van der Waals surface area contributed by atoms with Gasteiger partial charge < -0.3 is 30.3 Å². The average molecular weight is 400 g/mol. The summed E-state index contributed by atoms with van der Waals surface area (Å²) in [5.74, 6) is -0.836. The molecule has 1 fully saturated rings. The van der Waals surface area contributed by atoms with Crippen LogP contribution in [0.1, 0.15) is 20.7 Å². The maximum absolute atomic E-state index is 12.7. The number of methoxy groups -OCH3 is 1. The Morgan fingerprint density at radius 2 is 1.41 bits per heavy atom. The van der Waals surface area contributed by atoms with Crippen LogP contribution in [0.2, 0.25) is 0 Å². The van der Waals surface area contributed by atoms with Gasteiger partial charge in [0.05, 0.1) is 12.6 Å². The number of ether oxygens (including phenoxy) is 2. The number of rotatable bonds is 6. The first kappa shape index (κ1) is 20.9. The summed E-state index contributed by atoms with van der Waals surface area (Å²) in [6.07, 6.45) is -3.23. The summed E-state index contributed by atoms with van der Waals surface area (Å²) in [5.41, 5.74) is 0.808. The first-order chi connectivity index (χ1) is 14.0. The summed E-state index contributed by atoms with van der Waals surface area (Å²) in [7, 11) is 1.38. The highest BCUT2D eigenvalue weighted by molar-refractivity contribution is 5.95. The predicted molar refractivity (Wildman–Crippen MR) is 104 cm³/mol. The molecule has 154 valence electrons. The minimum absolute atomic E-state index is 0.397. The third-order valence-corrected chi connectivity index (χ3v) is 4.82. The maximum Gasteiger partial charge on any atom is 0.251 e. The number of aliphatic hydroxyl groups excluding tert-OH is 2. The van der Waals surface area contributed by atoms with Gasteiger partial charge in [-0.15, -0.1) is 0 Å². The molecule has 0 saturated carbocycles. The van der Waals surface area contributed by atoms with Crippen LogP contribution in [0.25, 0.3) is 0 Å². The van der Waals surface area contributed by atoms with Crippen LogP contribution in [0.5, 0.6) is 0 Å². The molecule has 1 aliphatic heterocycles. The molecule has 4 N–H and O–H groups in total. The van der Waals surface area contributed by atoms with E-state index in [1.807, 2.05) is 0 Å². The highest BCUT2D eigenvalue weighted by atomic mass is 16.7. The highest BCUT2D eigenvalue weighted by Crippen LogP contribution is 2.23. The maximum atomic E-state index is 12.7. The van der Waals surface area contributed by atoms with Crippen LogP contribution < -0.4 is 10.6 Å². The number of aliphatic hydroxyl groups is 2. The number of benzene rings is 2. The van der Waals surface area contributed by atoms with E-state index in [1.54, 1.807) is 60.7 Å². The Kier molecular flexibility index (Phi) is 6.95. The van der Waals surface area contributed by atoms with Crippen molar-refractivity contribution in [2.75, 3.05) is 13.7 Å². The third-order valence-electron chi connectivity index (χ3n) is 4.82. The normalized spacial score (nSPS) is 26.5. The van der Waals surface area contributed by atoms with Gasteiger partial charge in [0.15, 0.2) is 6.29 Å². The van der Waals surface area contributed by atoms with Crippen molar-refractivity contribution in [3.8, 4) is 0 Å². The summed E-state index contributed by atoms with van der Waals surface area (Å²) >= 11 is 0. The van der Waals surface area contributed by atoms with Crippen molar-refractivity contribution >= 4 is 11.8 Å². The van der Waals surface area contributed by atoms with Crippen LogP contribution in [-0.4, -0.2) is 66.3 Å². The van der Waals surface area contributed by atoms with E-state index in [9.17, 15) is 19.8 Å². The van der Waals surface area contributed by atoms with Crippen LogP contribution in [0.4, 0.5) is 0 Å². The van der Waals surface area contributed by atoms with E-state index in [1.165, 1.54) is 7.11 Å². The lowest BCUT2D eigenvalue weighted by Gasteiger charge is -2.44. The Bertz CT molecular complexity index is 816. The quantitative estimate of drug-likeness (QED) is 0.554. The number of amides is 2. The molecule has 0 spiro atoms. The molecule has 0 radical (unpaired) electrons. The molecule has 0 aromatic heterocycles. The molecule has 8 nitrogen and oxygen atoms in total. The Hall–Kier alpha value is -2.78. The van der Waals surface area contributed by atoms with Gasteiger partial charge in [0.1, 0.15) is 18.2 Å². The second kappa shape index (κ2) is 9.62. The van der Waals surface area contributed by atoms with Crippen molar-refractivity contribution in [2.24, 2.45) is 0 Å². The van der Waals surface area contributed by atoms with Crippen molar-refractivity contribution in [1.82, 2.24) is 10.6 Å². The van der Waals surface area contributed by atoms with Crippen molar-refractivity contribution in [2.45, 2.75) is 30.6 Å². The van der Waals surface area contributed by atoms with Gasteiger partial charge in [-0.25, -0.2) is 0 Å². The molecule has 3 rings (SSSR count). The van der Waals surface area contributed by atoms with E-state index in [2.05, 4.69) is 10.6 Å². The number of nitrogens with one attached hydrogen (secondary N) is 2. The Morgan fingerprint density at radius 1 is 0.931 bits per heavy atom. The van der Waals surface area contributed by atoms with E-state index in [-0.39, 0.29) is 0 Å². The van der Waals surface area contributed by atoms with Crippen LogP contribution in [0.3, 0.4) is 0 Å². The van der Waals surface area contributed by atoms with E-state index in [0.29, 0.717) is 11.1 Å². The molecule has 2 aromatic carbocycles. The molecule has 2 amide bonds. The van der Waals surface area contributed by atoms with Crippen molar-refractivity contribution < 1.29 is 29.3 Å². The molecule has 0 aliphatic carbocycles. The monoisotopic (exact) mass is 400 g/mol. The molecule has 1 aliphatic rings. The fourth-order valence-corrected chi connectivity index (χ4v) is 3.29. The zero-order valence-corrected chi connectivity index (χ0v) is 15.9. The smallest absolute Gasteiger partial charge is 0.251 e. The van der Waals surface area contributed by atoms with Gasteiger partial charge in [0.2, 0.25) is 0 Å². The van der Waals surface area contributed by atoms with Gasteiger partial charge in [-0.05, 0) is 24.3 Å². The van der Waals surface area contributed by atoms with Crippen LogP contribution in [0, 0.1) is 0 Å². The topological polar surface area (TPSA) is 117 Å². The summed E-state index contributed by atoms with van der Waals surface area (Å²) in [6.45, 7) is -0.474. The molecule has 1 heterocycles. The fourth-order valence-electron chi connectivity index (χ4n) is 3.29. The zero-order chi connectivity index (χ0) is 20.8. The van der Waals surface area contributed by atoms with Gasteiger partial charge in [-0.3, -0.25) is 9.59 Å². The van der Waals surface area contributed by atoms with Gasteiger partial charge in [0, 0.05) is 18.2 Å². The lowest BCUT2D eigenvalue weighted by atomic mass is 9.93. The first-order valence-corrected chi connectivity index (χ1v) is 9.24. The van der Waals surface area contributed by atoms with Gasteiger partial charge >= 0.3 is 0 Å². The predicted octanol–water partition coefficient (Wildman–Crippen LogP) is 0.308. The van der Waals surface area contributed by atoms with Crippen LogP contribution in [-0.2, 0) is 9.47 Å². The lowest BCUT2D eigenvalue weighted by molar-refractivity contribution is -0.238. The molecule has 1 saturated heterocycles. The number of carbonyl (C=O) groups is 2. The second-order valence-corrected chi connectivity index (χ2v) is 6.68. The zero-order valence-electron chi connectivity index (χ0n) is 15.9. The first-order valence-electron chi connectivity index (χ1n) is 9.24. The molecule has 0 unspecified atom stereocenters.